The van der Waals surface area contributed by atoms with E-state index < -0.39 is 0 Å². The number of aliphatic hydroxyl groups is 1. The summed E-state index contributed by atoms with van der Waals surface area (Å²) in [4.78, 5) is 16.4. The molecule has 8 heteroatoms. The molecule has 1 aliphatic rings. The Balaban J connectivity index is 1.59. The van der Waals surface area contributed by atoms with Crippen molar-refractivity contribution < 1.29 is 9.90 Å². The molecule has 3 N–H and O–H groups in total. The molecule has 2 amide bonds. The number of urea groups is 1. The van der Waals surface area contributed by atoms with Gasteiger partial charge in [0.2, 0.25) is 0 Å². The Morgan fingerprint density at radius 2 is 2.43 bits per heavy atom. The van der Waals surface area contributed by atoms with Gasteiger partial charge in [-0.15, -0.1) is 11.3 Å². The summed E-state index contributed by atoms with van der Waals surface area (Å²) >= 11 is 1.58. The Morgan fingerprint density at radius 1 is 1.57 bits per heavy atom. The first kappa shape index (κ1) is 15.9. The van der Waals surface area contributed by atoms with Crippen molar-refractivity contribution in [3.63, 3.8) is 0 Å². The average molecular weight is 335 g/mol. The number of carbonyl (C=O) groups excluding carboxylic acids is 1. The van der Waals surface area contributed by atoms with E-state index in [1.165, 1.54) is 0 Å². The minimum Gasteiger partial charge on any atom is -0.394 e. The molecule has 2 aromatic heterocycles. The number of thiazole rings is 1. The summed E-state index contributed by atoms with van der Waals surface area (Å²) in [6.07, 6.45) is 4.65. The Labute approximate surface area is 138 Å². The maximum Gasteiger partial charge on any atom is 0.315 e. The van der Waals surface area contributed by atoms with E-state index in [0.717, 1.165) is 41.2 Å². The maximum absolute atomic E-state index is 12.1. The molecular formula is C15H21N5O2S. The van der Waals surface area contributed by atoms with Gasteiger partial charge in [-0.05, 0) is 26.2 Å². The predicted octanol–water partition coefficient (Wildman–Crippen LogP) is 1.52. The fourth-order valence-corrected chi connectivity index (χ4v) is 3.54. The lowest BCUT2D eigenvalue weighted by Gasteiger charge is -2.24. The van der Waals surface area contributed by atoms with E-state index in [9.17, 15) is 4.79 Å². The van der Waals surface area contributed by atoms with E-state index in [2.05, 4.69) is 20.7 Å². The second kappa shape index (κ2) is 7.10. The Bertz CT molecular complexity index is 681. The topological polar surface area (TPSA) is 92.1 Å². The standard InChI is InChI=1S/C15H21N5O2S/c1-10-18-11(9-23-10)7-16-15(22)19-13-3-2-4-14-12(13)8-17-20(14)5-6-21/h8-9,13,21H,2-7H2,1H3,(H2,16,19,22)/t13-/m0/s1. The van der Waals surface area contributed by atoms with Crippen LogP contribution >= 0.6 is 11.3 Å². The first-order chi connectivity index (χ1) is 11.2. The van der Waals surface area contributed by atoms with E-state index in [1.807, 2.05) is 17.0 Å². The third-order valence-corrected chi connectivity index (χ3v) is 4.80. The summed E-state index contributed by atoms with van der Waals surface area (Å²) in [5, 5.41) is 22.2. The first-order valence-electron chi connectivity index (χ1n) is 7.78. The van der Waals surface area contributed by atoms with Gasteiger partial charge >= 0.3 is 6.03 Å². The number of aryl methyl sites for hydroxylation is 1. The third kappa shape index (κ3) is 3.70. The Kier molecular flexibility index (Phi) is 4.92. The molecule has 0 aliphatic heterocycles. The van der Waals surface area contributed by atoms with Crippen molar-refractivity contribution in [3.05, 3.63) is 33.5 Å². The molecule has 0 radical (unpaired) electrons. The number of aromatic nitrogens is 3. The fourth-order valence-electron chi connectivity index (χ4n) is 2.93. The SMILES string of the molecule is Cc1nc(CNC(=O)N[C@H]2CCCc3c2cnn3CCO)cs1. The summed E-state index contributed by atoms with van der Waals surface area (Å²) in [5.74, 6) is 0. The van der Waals surface area contributed by atoms with Gasteiger partial charge in [-0.1, -0.05) is 0 Å². The number of carbonyl (C=O) groups is 1. The van der Waals surface area contributed by atoms with Crippen LogP contribution in [0, 0.1) is 6.92 Å². The van der Waals surface area contributed by atoms with Gasteiger partial charge < -0.3 is 15.7 Å². The number of hydrogen-bond donors (Lipinski definition) is 3. The number of amides is 2. The van der Waals surface area contributed by atoms with Crippen LogP contribution in [0.5, 0.6) is 0 Å². The lowest BCUT2D eigenvalue weighted by atomic mass is 9.93. The van der Waals surface area contributed by atoms with Gasteiger partial charge in [0, 0.05) is 16.6 Å². The average Bonchev–Trinajstić information content (AvgIpc) is 3.13. The van der Waals surface area contributed by atoms with Gasteiger partial charge in [0.1, 0.15) is 0 Å². The van der Waals surface area contributed by atoms with Crippen LogP contribution in [0.15, 0.2) is 11.6 Å². The molecule has 2 heterocycles. The highest BCUT2D eigenvalue weighted by molar-refractivity contribution is 7.09. The van der Waals surface area contributed by atoms with Gasteiger partial charge in [-0.25, -0.2) is 9.78 Å². The highest BCUT2D eigenvalue weighted by Crippen LogP contribution is 2.29. The number of rotatable bonds is 5. The summed E-state index contributed by atoms with van der Waals surface area (Å²) < 4.78 is 1.83. The summed E-state index contributed by atoms with van der Waals surface area (Å²) in [7, 11) is 0. The minimum atomic E-state index is -0.191. The van der Waals surface area contributed by atoms with E-state index >= 15 is 0 Å². The minimum absolute atomic E-state index is 0.0247. The van der Waals surface area contributed by atoms with E-state index in [0.29, 0.717) is 13.1 Å². The second-order valence-corrected chi connectivity index (χ2v) is 6.69. The molecule has 3 rings (SSSR count). The zero-order chi connectivity index (χ0) is 16.2. The Morgan fingerprint density at radius 3 is 3.17 bits per heavy atom. The second-order valence-electron chi connectivity index (χ2n) is 5.62. The number of fused-ring (bicyclic) bond motifs is 1. The number of nitrogens with zero attached hydrogens (tertiary/aromatic N) is 3. The molecule has 0 saturated carbocycles. The van der Waals surface area contributed by atoms with Crippen molar-refractivity contribution in [2.45, 2.75) is 45.3 Å². The lowest BCUT2D eigenvalue weighted by Crippen LogP contribution is -2.38. The van der Waals surface area contributed by atoms with Crippen LogP contribution in [0.1, 0.15) is 40.8 Å². The Hall–Kier alpha value is -1.93. The number of hydrogen-bond acceptors (Lipinski definition) is 5. The molecule has 23 heavy (non-hydrogen) atoms. The molecule has 0 aromatic carbocycles. The van der Waals surface area contributed by atoms with Gasteiger partial charge in [0.05, 0.1) is 42.6 Å². The fraction of sp³-hybridized carbons (Fsp3) is 0.533. The maximum atomic E-state index is 12.1. The lowest BCUT2D eigenvalue weighted by molar-refractivity contribution is 0.234. The predicted molar refractivity (Wildman–Crippen MR) is 87.2 cm³/mol. The molecule has 0 bridgehead atoms. The van der Waals surface area contributed by atoms with Crippen molar-refractivity contribution in [1.82, 2.24) is 25.4 Å². The molecule has 0 saturated heterocycles. The smallest absolute Gasteiger partial charge is 0.315 e. The van der Waals surface area contributed by atoms with Crippen molar-refractivity contribution in [2.24, 2.45) is 0 Å². The third-order valence-electron chi connectivity index (χ3n) is 3.98. The normalized spacial score (nSPS) is 16.9. The van der Waals surface area contributed by atoms with Crippen LogP contribution in [-0.4, -0.2) is 32.5 Å². The zero-order valence-corrected chi connectivity index (χ0v) is 13.9. The van der Waals surface area contributed by atoms with Crippen LogP contribution < -0.4 is 10.6 Å². The van der Waals surface area contributed by atoms with Gasteiger partial charge in [0.15, 0.2) is 0 Å². The summed E-state index contributed by atoms with van der Waals surface area (Å²) in [5.41, 5.74) is 3.05. The molecule has 0 fully saturated rings. The molecule has 124 valence electrons. The summed E-state index contributed by atoms with van der Waals surface area (Å²) in [6.45, 7) is 2.94. The molecular weight excluding hydrogens is 314 g/mol. The van der Waals surface area contributed by atoms with Crippen LogP contribution in [0.4, 0.5) is 4.79 Å². The van der Waals surface area contributed by atoms with E-state index in [1.54, 1.807) is 17.5 Å². The van der Waals surface area contributed by atoms with Crippen LogP contribution in [0.3, 0.4) is 0 Å². The molecule has 2 aromatic rings. The molecule has 0 spiro atoms. The van der Waals surface area contributed by atoms with Crippen LogP contribution in [-0.2, 0) is 19.5 Å². The van der Waals surface area contributed by atoms with Crippen molar-refractivity contribution in [3.8, 4) is 0 Å². The van der Waals surface area contributed by atoms with Gasteiger partial charge in [0.25, 0.3) is 0 Å². The molecule has 1 aliphatic carbocycles. The van der Waals surface area contributed by atoms with E-state index in [-0.39, 0.29) is 18.7 Å². The van der Waals surface area contributed by atoms with Crippen LogP contribution in [0.2, 0.25) is 0 Å². The summed E-state index contributed by atoms with van der Waals surface area (Å²) in [6, 6.07) is -0.216. The van der Waals surface area contributed by atoms with Crippen molar-refractivity contribution >= 4 is 17.4 Å². The van der Waals surface area contributed by atoms with Crippen molar-refractivity contribution in [1.29, 1.82) is 0 Å². The molecule has 7 nitrogen and oxygen atoms in total. The largest absolute Gasteiger partial charge is 0.394 e. The zero-order valence-electron chi connectivity index (χ0n) is 13.1. The van der Waals surface area contributed by atoms with Crippen molar-refractivity contribution in [2.75, 3.05) is 6.61 Å². The highest BCUT2D eigenvalue weighted by Gasteiger charge is 2.25. The monoisotopic (exact) mass is 335 g/mol. The van der Waals surface area contributed by atoms with Crippen LogP contribution in [0.25, 0.3) is 0 Å². The number of nitrogens with one attached hydrogen (secondary N) is 2. The first-order valence-corrected chi connectivity index (χ1v) is 8.66. The van der Waals surface area contributed by atoms with Gasteiger partial charge in [-0.2, -0.15) is 5.10 Å². The van der Waals surface area contributed by atoms with Gasteiger partial charge in [-0.3, -0.25) is 4.68 Å². The number of aliphatic hydroxyl groups excluding tert-OH is 1. The molecule has 0 unspecified atom stereocenters. The molecule has 1 atom stereocenters. The van der Waals surface area contributed by atoms with E-state index in [4.69, 9.17) is 5.11 Å². The quantitative estimate of drug-likeness (QED) is 0.772. The highest BCUT2D eigenvalue weighted by atomic mass is 32.1.